The lowest BCUT2D eigenvalue weighted by molar-refractivity contribution is -0.142. The number of pyridine rings is 1. The summed E-state index contributed by atoms with van der Waals surface area (Å²) in [5, 5.41) is 6.25. The lowest BCUT2D eigenvalue weighted by Gasteiger charge is -2.32. The molecule has 16 nitrogen and oxygen atoms in total. The van der Waals surface area contributed by atoms with E-state index >= 15 is 0 Å². The number of alkyl carbamates (subject to hydrolysis) is 1. The number of nitrogens with one attached hydrogen (secondary N) is 3. The lowest BCUT2D eigenvalue weighted by atomic mass is 10.1. The van der Waals surface area contributed by atoms with Gasteiger partial charge in [-0.15, -0.1) is 0 Å². The van der Waals surface area contributed by atoms with Gasteiger partial charge in [-0.1, -0.05) is 30.9 Å². The third-order valence-electron chi connectivity index (χ3n) is 10.9. The van der Waals surface area contributed by atoms with Crippen LogP contribution in [0.1, 0.15) is 56.9 Å². The van der Waals surface area contributed by atoms with Crippen molar-refractivity contribution in [2.24, 2.45) is 5.92 Å². The van der Waals surface area contributed by atoms with Crippen molar-refractivity contribution in [2.45, 2.75) is 80.3 Å². The van der Waals surface area contributed by atoms with Crippen LogP contribution >= 0.6 is 0 Å². The number of carbonyl (C=O) groups is 5. The lowest BCUT2D eigenvalue weighted by Crippen LogP contribution is -2.60. The smallest absolute Gasteiger partial charge is 0.407 e. The predicted octanol–water partition coefficient (Wildman–Crippen LogP) is 2.34. The van der Waals surface area contributed by atoms with Gasteiger partial charge in [-0.05, 0) is 74.6 Å². The summed E-state index contributed by atoms with van der Waals surface area (Å²) in [6.45, 7) is 3.48. The summed E-state index contributed by atoms with van der Waals surface area (Å²) in [6, 6.07) is 2.98. The minimum absolute atomic E-state index is 0.0358. The van der Waals surface area contributed by atoms with E-state index in [0.717, 1.165) is 17.0 Å². The summed E-state index contributed by atoms with van der Waals surface area (Å²) in [5.41, 5.74) is -0.824. The molecule has 1 aromatic heterocycles. The molecule has 3 fully saturated rings. The van der Waals surface area contributed by atoms with Gasteiger partial charge >= 0.3 is 6.09 Å². The molecule has 3 N–H and O–H groups in total. The molecular formula is C39H46N6O10S. The minimum atomic E-state index is -3.94. The second kappa shape index (κ2) is 16.0. The van der Waals surface area contributed by atoms with Crippen LogP contribution in [-0.2, 0) is 33.9 Å². The maximum atomic E-state index is 14.7. The number of cyclic esters (lactones) is 1. The first-order chi connectivity index (χ1) is 26.9. The fourth-order valence-corrected chi connectivity index (χ4v) is 8.90. The van der Waals surface area contributed by atoms with E-state index in [2.05, 4.69) is 26.9 Å². The first-order valence-electron chi connectivity index (χ1n) is 18.9. The number of allylic oxidation sites excluding steroid dienone is 2. The van der Waals surface area contributed by atoms with Crippen molar-refractivity contribution in [1.29, 1.82) is 0 Å². The molecule has 2 saturated carbocycles. The highest BCUT2D eigenvalue weighted by molar-refractivity contribution is 7.91. The van der Waals surface area contributed by atoms with Gasteiger partial charge in [0.2, 0.25) is 33.6 Å². The molecule has 5 amide bonds. The molecule has 3 aliphatic heterocycles. The Balaban J connectivity index is 1.28. The molecule has 5 atom stereocenters. The van der Waals surface area contributed by atoms with Gasteiger partial charge in [-0.2, -0.15) is 0 Å². The van der Waals surface area contributed by atoms with Crippen LogP contribution in [0, 0.1) is 5.92 Å². The number of nitrogens with zero attached hydrogens (tertiary/aromatic N) is 3. The Morgan fingerprint density at radius 2 is 1.93 bits per heavy atom. The molecule has 56 heavy (non-hydrogen) atoms. The second-order valence-electron chi connectivity index (χ2n) is 14.8. The number of methoxy groups -OCH3 is 1. The van der Waals surface area contributed by atoms with Crippen molar-refractivity contribution in [2.75, 3.05) is 33.4 Å². The Labute approximate surface area is 324 Å². The highest BCUT2D eigenvalue weighted by Crippen LogP contribution is 2.46. The summed E-state index contributed by atoms with van der Waals surface area (Å²) in [5.74, 6) is -2.34. The molecule has 17 heteroatoms. The zero-order valence-corrected chi connectivity index (χ0v) is 31.9. The van der Waals surface area contributed by atoms with Crippen LogP contribution in [0.25, 0.3) is 16.8 Å². The average Bonchev–Trinajstić information content (AvgIpc) is 4.10. The van der Waals surface area contributed by atoms with E-state index in [4.69, 9.17) is 14.2 Å². The van der Waals surface area contributed by atoms with Crippen molar-refractivity contribution in [3.8, 4) is 11.6 Å². The van der Waals surface area contributed by atoms with Crippen molar-refractivity contribution in [3.05, 3.63) is 60.8 Å². The van der Waals surface area contributed by atoms with Crippen molar-refractivity contribution in [3.63, 3.8) is 0 Å². The Morgan fingerprint density at radius 3 is 2.70 bits per heavy atom. The largest absolute Gasteiger partial charge is 0.496 e. The van der Waals surface area contributed by atoms with E-state index in [0.29, 0.717) is 49.7 Å². The molecular weight excluding hydrogens is 745 g/mol. The third kappa shape index (κ3) is 8.22. The standard InChI is InChI=1S/C39H46N6O10S/c1-3-33(46)44-16-8-4-7-11-26-21-39(26,37(49)43-56(51,52)28-12-13-28)42-34(47)31-20-27-22-45(31)36(48)30(23-44)41-38(50)54-17-9-5-6-10-25-18-29-24(19-32(25)53-2)14-15-40-35(29)55-27/h3,6-7,10-11,14-15,18-19,26-28,30-31H,1,4-5,8-9,12-13,16-17,20-23H2,2H3,(H,41,50)(H,42,47)(H,43,49)/b10-6+,11-7-/t26?,27-,30+,31+,39-/m1/s1. The summed E-state index contributed by atoms with van der Waals surface area (Å²) >= 11 is 0. The van der Waals surface area contributed by atoms with E-state index in [-0.39, 0.29) is 45.0 Å². The number of hydrogen-bond acceptors (Lipinski definition) is 11. The van der Waals surface area contributed by atoms with Crippen LogP contribution in [0.3, 0.4) is 0 Å². The minimum Gasteiger partial charge on any atom is -0.496 e. The van der Waals surface area contributed by atoms with Gasteiger partial charge in [0.05, 0.1) is 32.1 Å². The predicted molar refractivity (Wildman–Crippen MR) is 204 cm³/mol. The van der Waals surface area contributed by atoms with Gasteiger partial charge in [0.1, 0.15) is 29.5 Å². The zero-order valence-electron chi connectivity index (χ0n) is 31.1. The number of benzene rings is 1. The summed E-state index contributed by atoms with van der Waals surface area (Å²) in [6.07, 6.45) is 11.4. The van der Waals surface area contributed by atoms with Gasteiger partial charge < -0.3 is 34.6 Å². The number of sulfonamides is 1. The number of amides is 5. The SMILES string of the molecule is C=CC(=O)N1CCC/C=C\C2C[C@@]2(C(=O)NS(=O)(=O)C2CC2)NC(=O)[C@@H]2C[C@@H]3CN2C(=O)[C@H](C1)NC(=O)OCCC/C=C/c1cc2c(nccc2cc1OC)O3. The first-order valence-corrected chi connectivity index (χ1v) is 20.5. The molecule has 1 saturated heterocycles. The molecule has 0 radical (unpaired) electrons. The van der Waals surface area contributed by atoms with Gasteiger partial charge in [-0.3, -0.25) is 23.9 Å². The molecule has 298 valence electrons. The Morgan fingerprint density at radius 1 is 1.12 bits per heavy atom. The number of aromatic nitrogens is 1. The maximum Gasteiger partial charge on any atom is 0.407 e. The van der Waals surface area contributed by atoms with E-state index in [1.54, 1.807) is 19.4 Å². The van der Waals surface area contributed by atoms with E-state index in [1.807, 2.05) is 36.4 Å². The number of fused-ring (bicyclic) bond motifs is 4. The normalized spacial score (nSPS) is 28.5. The number of rotatable bonds is 5. The topological polar surface area (TPSA) is 203 Å². The van der Waals surface area contributed by atoms with Crippen molar-refractivity contribution >= 4 is 56.6 Å². The molecule has 1 aromatic carbocycles. The zero-order chi connectivity index (χ0) is 39.6. The summed E-state index contributed by atoms with van der Waals surface area (Å²) in [4.78, 5) is 76.4. The Hall–Kier alpha value is -5.45. The summed E-state index contributed by atoms with van der Waals surface area (Å²) < 4.78 is 45.5. The van der Waals surface area contributed by atoms with Crippen molar-refractivity contribution in [1.82, 2.24) is 30.1 Å². The number of hydrogen-bond donors (Lipinski definition) is 3. The second-order valence-corrected chi connectivity index (χ2v) is 16.8. The molecule has 2 aliphatic carbocycles. The molecule has 4 heterocycles. The van der Waals surface area contributed by atoms with Crippen LogP contribution in [0.2, 0.25) is 0 Å². The van der Waals surface area contributed by atoms with Crippen LogP contribution in [0.4, 0.5) is 4.79 Å². The quantitative estimate of drug-likeness (QED) is 0.297. The van der Waals surface area contributed by atoms with Crippen LogP contribution in [0.5, 0.6) is 11.6 Å². The van der Waals surface area contributed by atoms with Crippen LogP contribution in [-0.4, -0.2) is 115 Å². The average molecular weight is 791 g/mol. The first kappa shape index (κ1) is 38.8. The molecule has 7 rings (SSSR count). The Kier molecular flexibility index (Phi) is 11.1. The van der Waals surface area contributed by atoms with Crippen LogP contribution < -0.4 is 24.8 Å². The van der Waals surface area contributed by atoms with Crippen molar-refractivity contribution < 1.29 is 46.6 Å². The molecule has 2 aromatic rings. The fourth-order valence-electron chi connectivity index (χ4n) is 7.54. The summed E-state index contributed by atoms with van der Waals surface area (Å²) in [7, 11) is -2.37. The van der Waals surface area contributed by atoms with Gasteiger partial charge in [-0.25, -0.2) is 18.2 Å². The fraction of sp³-hybridized carbons (Fsp3) is 0.487. The van der Waals surface area contributed by atoms with Gasteiger partial charge in [0.15, 0.2) is 0 Å². The van der Waals surface area contributed by atoms with E-state index < -0.39 is 74.6 Å². The van der Waals surface area contributed by atoms with Gasteiger partial charge in [0.25, 0.3) is 5.91 Å². The van der Waals surface area contributed by atoms with Gasteiger partial charge in [0, 0.05) is 36.0 Å². The molecule has 1 unspecified atom stereocenters. The monoisotopic (exact) mass is 790 g/mol. The number of carbonyl (C=O) groups excluding carboxylic acids is 5. The number of ether oxygens (including phenoxy) is 3. The van der Waals surface area contributed by atoms with E-state index in [9.17, 15) is 32.4 Å². The van der Waals surface area contributed by atoms with E-state index in [1.165, 1.54) is 9.80 Å². The maximum absolute atomic E-state index is 14.7. The Bertz CT molecular complexity index is 2100. The molecule has 0 spiro atoms. The molecule has 5 bridgehead atoms. The third-order valence-corrected chi connectivity index (χ3v) is 12.7. The highest BCUT2D eigenvalue weighted by Gasteiger charge is 2.62. The molecule has 5 aliphatic rings. The van der Waals surface area contributed by atoms with Crippen LogP contribution in [0.15, 0.2) is 55.3 Å². The highest BCUT2D eigenvalue weighted by atomic mass is 32.2.